The molecule has 0 aliphatic rings. The second-order valence-corrected chi connectivity index (χ2v) is 4.70. The van der Waals surface area contributed by atoms with Gasteiger partial charge in [-0.2, -0.15) is 4.98 Å². The predicted molar refractivity (Wildman–Crippen MR) is 78.7 cm³/mol. The second-order valence-electron chi connectivity index (χ2n) is 3.79. The third-order valence-electron chi connectivity index (χ3n) is 2.47. The number of aliphatic imine (C=N–C) groups is 1. The van der Waals surface area contributed by atoms with Gasteiger partial charge in [0.1, 0.15) is 0 Å². The molecule has 0 aliphatic carbocycles. The van der Waals surface area contributed by atoms with Crippen molar-refractivity contribution in [1.82, 2.24) is 9.55 Å². The molecule has 2 aromatic rings. The number of nitrogen functional groups attached to an aromatic ring is 1. The average Bonchev–Trinajstić information content (AvgIpc) is 2.41. The number of aromatic nitrogens is 2. The Kier molecular flexibility index (Phi) is 4.08. The molecule has 0 amide bonds. The number of benzene rings is 1. The van der Waals surface area contributed by atoms with Gasteiger partial charge in [0, 0.05) is 23.8 Å². The van der Waals surface area contributed by atoms with Crippen molar-refractivity contribution in [3.8, 4) is 0 Å². The molecule has 98 valence electrons. The van der Waals surface area contributed by atoms with Gasteiger partial charge in [-0.1, -0.05) is 28.1 Å². The Bertz CT molecular complexity index is 663. The molecule has 0 unspecified atom stereocenters. The molecule has 3 N–H and O–H groups in total. The third-order valence-corrected chi connectivity index (χ3v) is 2.99. The monoisotopic (exact) mass is 321 g/mol. The first-order chi connectivity index (χ1) is 9.10. The lowest BCUT2D eigenvalue weighted by atomic mass is 10.2. The second kappa shape index (κ2) is 5.77. The van der Waals surface area contributed by atoms with Crippen molar-refractivity contribution >= 4 is 33.9 Å². The molecule has 2 rings (SSSR count). The molecule has 19 heavy (non-hydrogen) atoms. The van der Waals surface area contributed by atoms with Crippen molar-refractivity contribution in [2.45, 2.75) is 0 Å². The fraction of sp³-hybridized carbons (Fsp3) is 0.0833. The van der Waals surface area contributed by atoms with E-state index in [2.05, 4.69) is 31.3 Å². The standard InChI is InChI=1S/C12H12BrN5O/c1-18-11(19)6-10(16-12(18)17-14)15-7-8-2-4-9(13)5-3-8/h2-7H,14H2,1H3,(H,16,17). The van der Waals surface area contributed by atoms with E-state index < -0.39 is 0 Å². The number of hydrogen-bond donors (Lipinski definition) is 2. The number of anilines is 1. The smallest absolute Gasteiger partial charge is 0.256 e. The quantitative estimate of drug-likeness (QED) is 0.510. The molecule has 7 heteroatoms. The molecule has 6 nitrogen and oxygen atoms in total. The zero-order chi connectivity index (χ0) is 13.8. The predicted octanol–water partition coefficient (Wildman–Crippen LogP) is 1.58. The molecule has 0 saturated heterocycles. The highest BCUT2D eigenvalue weighted by molar-refractivity contribution is 9.10. The Morgan fingerprint density at radius 2 is 2.11 bits per heavy atom. The van der Waals surface area contributed by atoms with Gasteiger partial charge in [0.25, 0.3) is 5.56 Å². The van der Waals surface area contributed by atoms with E-state index in [1.54, 1.807) is 13.3 Å². The molecule has 1 heterocycles. The zero-order valence-electron chi connectivity index (χ0n) is 10.2. The summed E-state index contributed by atoms with van der Waals surface area (Å²) in [7, 11) is 1.58. The molecule has 0 spiro atoms. The van der Waals surface area contributed by atoms with Crippen molar-refractivity contribution in [1.29, 1.82) is 0 Å². The third kappa shape index (κ3) is 3.27. The van der Waals surface area contributed by atoms with Crippen LogP contribution in [0.2, 0.25) is 0 Å². The highest BCUT2D eigenvalue weighted by Crippen LogP contribution is 2.11. The summed E-state index contributed by atoms with van der Waals surface area (Å²) in [6, 6.07) is 8.96. The van der Waals surface area contributed by atoms with Crippen LogP contribution < -0.4 is 16.8 Å². The highest BCUT2D eigenvalue weighted by Gasteiger charge is 2.02. The first kappa shape index (κ1) is 13.4. The Hall–Kier alpha value is -1.99. The van der Waals surface area contributed by atoms with E-state index in [0.717, 1.165) is 10.0 Å². The first-order valence-corrected chi connectivity index (χ1v) is 6.24. The van der Waals surface area contributed by atoms with Crippen LogP contribution in [0.1, 0.15) is 5.56 Å². The molecular weight excluding hydrogens is 310 g/mol. The van der Waals surface area contributed by atoms with Gasteiger partial charge < -0.3 is 0 Å². The summed E-state index contributed by atoms with van der Waals surface area (Å²) in [4.78, 5) is 19.9. The Morgan fingerprint density at radius 3 is 2.74 bits per heavy atom. The van der Waals surface area contributed by atoms with Crippen molar-refractivity contribution in [3.63, 3.8) is 0 Å². The lowest BCUT2D eigenvalue weighted by Gasteiger charge is -2.05. The maximum atomic E-state index is 11.6. The van der Waals surface area contributed by atoms with E-state index in [0.29, 0.717) is 5.82 Å². The van der Waals surface area contributed by atoms with Gasteiger partial charge in [-0.25, -0.2) is 10.8 Å². The minimum atomic E-state index is -0.231. The lowest BCUT2D eigenvalue weighted by molar-refractivity contribution is 0.828. The normalized spacial score (nSPS) is 10.9. The van der Waals surface area contributed by atoms with Gasteiger partial charge >= 0.3 is 0 Å². The molecule has 0 radical (unpaired) electrons. The molecular formula is C12H12BrN5O. The van der Waals surface area contributed by atoms with E-state index in [1.807, 2.05) is 24.3 Å². The molecule has 0 fully saturated rings. The molecule has 1 aromatic carbocycles. The number of hydrogen-bond acceptors (Lipinski definition) is 5. The van der Waals surface area contributed by atoms with Crippen LogP contribution in [0.25, 0.3) is 0 Å². The van der Waals surface area contributed by atoms with E-state index in [-0.39, 0.29) is 11.5 Å². The summed E-state index contributed by atoms with van der Waals surface area (Å²) in [5.74, 6) is 5.85. The summed E-state index contributed by atoms with van der Waals surface area (Å²) >= 11 is 3.35. The van der Waals surface area contributed by atoms with Crippen molar-refractivity contribution in [3.05, 3.63) is 50.7 Å². The van der Waals surface area contributed by atoms with Crippen LogP contribution in [-0.2, 0) is 7.05 Å². The van der Waals surface area contributed by atoms with Crippen molar-refractivity contribution < 1.29 is 0 Å². The van der Waals surface area contributed by atoms with Crippen LogP contribution >= 0.6 is 15.9 Å². The van der Waals surface area contributed by atoms with Crippen LogP contribution in [0.15, 0.2) is 44.6 Å². The van der Waals surface area contributed by atoms with Crippen LogP contribution in [-0.4, -0.2) is 15.8 Å². The van der Waals surface area contributed by atoms with Gasteiger partial charge in [0.05, 0.1) is 0 Å². The van der Waals surface area contributed by atoms with E-state index in [9.17, 15) is 4.79 Å². The molecule has 1 aromatic heterocycles. The molecule has 0 bridgehead atoms. The summed E-state index contributed by atoms with van der Waals surface area (Å²) in [6.07, 6.45) is 1.63. The summed E-state index contributed by atoms with van der Waals surface area (Å²) in [6.45, 7) is 0. The van der Waals surface area contributed by atoms with Gasteiger partial charge in [0.2, 0.25) is 5.95 Å². The minimum absolute atomic E-state index is 0.231. The average molecular weight is 322 g/mol. The summed E-state index contributed by atoms with van der Waals surface area (Å²) in [5, 5.41) is 0. The summed E-state index contributed by atoms with van der Waals surface area (Å²) in [5.41, 5.74) is 3.03. The van der Waals surface area contributed by atoms with Crippen LogP contribution in [0.4, 0.5) is 11.8 Å². The van der Waals surface area contributed by atoms with Crippen molar-refractivity contribution in [2.24, 2.45) is 17.9 Å². The minimum Gasteiger partial charge on any atom is -0.294 e. The maximum Gasteiger partial charge on any atom is 0.256 e. The van der Waals surface area contributed by atoms with Gasteiger partial charge in [-0.05, 0) is 17.7 Å². The number of nitrogens with one attached hydrogen (secondary N) is 1. The van der Waals surface area contributed by atoms with Gasteiger partial charge in [-0.15, -0.1) is 0 Å². The van der Waals surface area contributed by atoms with Gasteiger partial charge in [0.15, 0.2) is 5.82 Å². The topological polar surface area (TPSA) is 85.3 Å². The van der Waals surface area contributed by atoms with Crippen molar-refractivity contribution in [2.75, 3.05) is 5.43 Å². The SMILES string of the molecule is Cn1c(NN)nc(N=Cc2ccc(Br)cc2)cc1=O. The number of nitrogens with zero attached hydrogens (tertiary/aromatic N) is 3. The Labute approximate surface area is 118 Å². The largest absolute Gasteiger partial charge is 0.294 e. The molecule has 0 aliphatic heterocycles. The van der Waals surface area contributed by atoms with E-state index in [4.69, 9.17) is 5.84 Å². The fourth-order valence-corrected chi connectivity index (χ4v) is 1.68. The number of rotatable bonds is 3. The van der Waals surface area contributed by atoms with Crippen LogP contribution in [0.3, 0.4) is 0 Å². The Morgan fingerprint density at radius 1 is 1.42 bits per heavy atom. The fourth-order valence-electron chi connectivity index (χ4n) is 1.41. The van der Waals surface area contributed by atoms with Gasteiger partial charge in [-0.3, -0.25) is 14.8 Å². The highest BCUT2D eigenvalue weighted by atomic mass is 79.9. The van der Waals surface area contributed by atoms with Crippen LogP contribution in [0.5, 0.6) is 0 Å². The number of nitrogens with two attached hydrogens (primary N) is 1. The summed E-state index contributed by atoms with van der Waals surface area (Å²) < 4.78 is 2.30. The maximum absolute atomic E-state index is 11.6. The molecule has 0 atom stereocenters. The molecule has 0 saturated carbocycles. The van der Waals surface area contributed by atoms with E-state index >= 15 is 0 Å². The number of hydrazine groups is 1. The Balaban J connectivity index is 2.31. The van der Waals surface area contributed by atoms with E-state index in [1.165, 1.54) is 10.6 Å². The number of halogens is 1. The van der Waals surface area contributed by atoms with Crippen LogP contribution in [0, 0.1) is 0 Å². The first-order valence-electron chi connectivity index (χ1n) is 5.44. The lowest BCUT2D eigenvalue weighted by Crippen LogP contribution is -2.23. The zero-order valence-corrected chi connectivity index (χ0v) is 11.8.